The van der Waals surface area contributed by atoms with Gasteiger partial charge in [-0.25, -0.2) is 4.98 Å². The normalized spacial score (nSPS) is 23.4. The minimum absolute atomic E-state index is 0.0509. The molecule has 3 nitrogen and oxygen atoms in total. The van der Waals surface area contributed by atoms with Crippen LogP contribution in [0.4, 0.5) is 0 Å². The largest absolute Gasteiger partial charge is 0.348 e. The van der Waals surface area contributed by atoms with Gasteiger partial charge in [-0.05, 0) is 52.7 Å². The highest BCUT2D eigenvalue weighted by Gasteiger charge is 2.29. The molecule has 0 radical (unpaired) electrons. The third-order valence-corrected chi connectivity index (χ3v) is 4.42. The van der Waals surface area contributed by atoms with Crippen molar-refractivity contribution in [1.82, 2.24) is 10.3 Å². The van der Waals surface area contributed by atoms with Crippen LogP contribution in [-0.4, -0.2) is 16.9 Å². The van der Waals surface area contributed by atoms with Crippen molar-refractivity contribution in [2.45, 2.75) is 45.6 Å². The van der Waals surface area contributed by atoms with Crippen molar-refractivity contribution in [3.05, 3.63) is 28.5 Å². The summed E-state index contributed by atoms with van der Waals surface area (Å²) in [6, 6.07) is 3.90. The molecule has 0 aromatic carbocycles. The number of aromatic nitrogens is 1. The zero-order chi connectivity index (χ0) is 13.8. The monoisotopic (exact) mass is 324 g/mol. The molecule has 1 aliphatic rings. The number of nitrogens with one attached hydrogen (secondary N) is 1. The molecule has 1 heterocycles. The highest BCUT2D eigenvalue weighted by molar-refractivity contribution is 9.10. The van der Waals surface area contributed by atoms with Gasteiger partial charge in [-0.1, -0.05) is 26.7 Å². The Balaban J connectivity index is 2.02. The van der Waals surface area contributed by atoms with Crippen LogP contribution in [0, 0.1) is 11.8 Å². The van der Waals surface area contributed by atoms with Crippen LogP contribution >= 0.6 is 15.9 Å². The van der Waals surface area contributed by atoms with Gasteiger partial charge < -0.3 is 5.32 Å². The topological polar surface area (TPSA) is 42.0 Å². The maximum absolute atomic E-state index is 12.2. The van der Waals surface area contributed by atoms with Gasteiger partial charge in [0.15, 0.2) is 0 Å². The molecule has 2 atom stereocenters. The summed E-state index contributed by atoms with van der Waals surface area (Å²) in [5.41, 5.74) is 0.497. The van der Waals surface area contributed by atoms with E-state index >= 15 is 0 Å². The molecule has 1 fully saturated rings. The number of amides is 1. The summed E-state index contributed by atoms with van der Waals surface area (Å²) in [4.78, 5) is 16.4. The molecule has 104 valence electrons. The van der Waals surface area contributed by atoms with E-state index in [4.69, 9.17) is 0 Å². The number of carbonyl (C=O) groups is 1. The highest BCUT2D eigenvalue weighted by atomic mass is 79.9. The second-order valence-corrected chi connectivity index (χ2v) is 6.55. The standard InChI is InChI=1S/C15H21BrN2O/c1-10(2)12-5-3-4-6-13(12)18-15(19)14-8-7-11(16)9-17-14/h7-10,12-13H,3-6H2,1-2H3,(H,18,19). The van der Waals surface area contributed by atoms with E-state index in [1.807, 2.05) is 6.07 Å². The third kappa shape index (κ3) is 3.78. The molecule has 1 aromatic heterocycles. The summed E-state index contributed by atoms with van der Waals surface area (Å²) in [6.45, 7) is 4.49. The summed E-state index contributed by atoms with van der Waals surface area (Å²) < 4.78 is 0.891. The quantitative estimate of drug-likeness (QED) is 0.919. The molecule has 0 aliphatic heterocycles. The first-order valence-corrected chi connectivity index (χ1v) is 7.79. The lowest BCUT2D eigenvalue weighted by molar-refractivity contribution is 0.0884. The summed E-state index contributed by atoms with van der Waals surface area (Å²) in [6.07, 6.45) is 6.46. The van der Waals surface area contributed by atoms with Gasteiger partial charge in [-0.3, -0.25) is 4.79 Å². The smallest absolute Gasteiger partial charge is 0.270 e. The zero-order valence-electron chi connectivity index (χ0n) is 11.5. The maximum Gasteiger partial charge on any atom is 0.270 e. The number of rotatable bonds is 3. The fourth-order valence-corrected chi connectivity index (χ4v) is 3.12. The van der Waals surface area contributed by atoms with E-state index in [0.717, 1.165) is 10.9 Å². The Bertz CT molecular complexity index is 430. The second kappa shape index (κ2) is 6.51. The number of hydrogen-bond acceptors (Lipinski definition) is 2. The molecular weight excluding hydrogens is 304 g/mol. The van der Waals surface area contributed by atoms with E-state index < -0.39 is 0 Å². The highest BCUT2D eigenvalue weighted by Crippen LogP contribution is 2.30. The van der Waals surface area contributed by atoms with Crippen LogP contribution < -0.4 is 5.32 Å². The van der Waals surface area contributed by atoms with Crippen LogP contribution in [0.25, 0.3) is 0 Å². The van der Waals surface area contributed by atoms with Crippen molar-refractivity contribution in [2.75, 3.05) is 0 Å². The van der Waals surface area contributed by atoms with E-state index in [1.54, 1.807) is 12.3 Å². The van der Waals surface area contributed by atoms with Gasteiger partial charge in [0.25, 0.3) is 5.91 Å². The number of hydrogen-bond donors (Lipinski definition) is 1. The van der Waals surface area contributed by atoms with Crippen molar-refractivity contribution in [1.29, 1.82) is 0 Å². The van der Waals surface area contributed by atoms with Gasteiger partial charge >= 0.3 is 0 Å². The van der Waals surface area contributed by atoms with Crippen LogP contribution in [0.3, 0.4) is 0 Å². The van der Waals surface area contributed by atoms with Crippen molar-refractivity contribution >= 4 is 21.8 Å². The predicted octanol–water partition coefficient (Wildman–Crippen LogP) is 3.79. The lowest BCUT2D eigenvalue weighted by Crippen LogP contribution is -2.44. The van der Waals surface area contributed by atoms with Crippen molar-refractivity contribution < 1.29 is 4.79 Å². The minimum atomic E-state index is -0.0509. The second-order valence-electron chi connectivity index (χ2n) is 5.63. The SMILES string of the molecule is CC(C)C1CCCCC1NC(=O)c1ccc(Br)cn1. The van der Waals surface area contributed by atoms with Crippen LogP contribution in [0.15, 0.2) is 22.8 Å². The lowest BCUT2D eigenvalue weighted by atomic mass is 9.78. The Morgan fingerprint density at radius 3 is 2.74 bits per heavy atom. The Morgan fingerprint density at radius 1 is 1.37 bits per heavy atom. The van der Waals surface area contributed by atoms with Gasteiger partial charge in [0.1, 0.15) is 5.69 Å². The van der Waals surface area contributed by atoms with Gasteiger partial charge in [0, 0.05) is 16.7 Å². The average molecular weight is 325 g/mol. The molecule has 2 rings (SSSR count). The molecule has 19 heavy (non-hydrogen) atoms. The molecule has 1 saturated carbocycles. The third-order valence-electron chi connectivity index (χ3n) is 3.95. The van der Waals surface area contributed by atoms with E-state index in [2.05, 4.69) is 40.1 Å². The van der Waals surface area contributed by atoms with Crippen molar-refractivity contribution in [2.24, 2.45) is 11.8 Å². The maximum atomic E-state index is 12.2. The summed E-state index contributed by atoms with van der Waals surface area (Å²) in [5.74, 6) is 1.15. The predicted molar refractivity (Wildman–Crippen MR) is 80.0 cm³/mol. The van der Waals surface area contributed by atoms with Gasteiger partial charge in [0.05, 0.1) is 0 Å². The Hall–Kier alpha value is -0.900. The van der Waals surface area contributed by atoms with Crippen LogP contribution in [0.5, 0.6) is 0 Å². The molecule has 1 aliphatic carbocycles. The van der Waals surface area contributed by atoms with Crippen LogP contribution in [-0.2, 0) is 0 Å². The molecule has 4 heteroatoms. The van der Waals surface area contributed by atoms with E-state index in [0.29, 0.717) is 23.6 Å². The Morgan fingerprint density at radius 2 is 2.11 bits per heavy atom. The van der Waals surface area contributed by atoms with Crippen molar-refractivity contribution in [3.8, 4) is 0 Å². The van der Waals surface area contributed by atoms with Crippen LogP contribution in [0.1, 0.15) is 50.0 Å². The first-order valence-electron chi connectivity index (χ1n) is 7.00. The number of pyridine rings is 1. The number of halogens is 1. The zero-order valence-corrected chi connectivity index (χ0v) is 13.1. The molecule has 1 aromatic rings. The average Bonchev–Trinajstić information content (AvgIpc) is 2.39. The summed E-state index contributed by atoms with van der Waals surface area (Å²) in [7, 11) is 0. The van der Waals surface area contributed by atoms with Gasteiger partial charge in [-0.2, -0.15) is 0 Å². The van der Waals surface area contributed by atoms with Gasteiger partial charge in [0.2, 0.25) is 0 Å². The van der Waals surface area contributed by atoms with Crippen LogP contribution in [0.2, 0.25) is 0 Å². The first kappa shape index (κ1) is 14.5. The number of nitrogens with zero attached hydrogens (tertiary/aromatic N) is 1. The Kier molecular flexibility index (Phi) is 4.97. The molecule has 0 bridgehead atoms. The fourth-order valence-electron chi connectivity index (χ4n) is 2.89. The molecule has 1 N–H and O–H groups in total. The van der Waals surface area contributed by atoms with Gasteiger partial charge in [-0.15, -0.1) is 0 Å². The summed E-state index contributed by atoms with van der Waals surface area (Å²) in [5, 5.41) is 3.17. The lowest BCUT2D eigenvalue weighted by Gasteiger charge is -2.34. The molecule has 0 saturated heterocycles. The Labute approximate surface area is 123 Å². The van der Waals surface area contributed by atoms with Crippen molar-refractivity contribution in [3.63, 3.8) is 0 Å². The molecular formula is C15H21BrN2O. The minimum Gasteiger partial charge on any atom is -0.348 e. The molecule has 1 amide bonds. The molecule has 2 unspecified atom stereocenters. The van der Waals surface area contributed by atoms with E-state index in [-0.39, 0.29) is 5.91 Å². The number of carbonyl (C=O) groups excluding carboxylic acids is 1. The molecule has 0 spiro atoms. The van der Waals surface area contributed by atoms with E-state index in [9.17, 15) is 4.79 Å². The fraction of sp³-hybridized carbons (Fsp3) is 0.600. The first-order chi connectivity index (χ1) is 9.08. The summed E-state index contributed by atoms with van der Waals surface area (Å²) >= 11 is 3.33. The van der Waals surface area contributed by atoms with E-state index in [1.165, 1.54) is 19.3 Å².